The molecule has 7 nitrogen and oxygen atoms in total. The summed E-state index contributed by atoms with van der Waals surface area (Å²) in [5.74, 6) is 1.40. The van der Waals surface area contributed by atoms with Crippen molar-refractivity contribution < 1.29 is 14.3 Å². The standard InChI is InChI=1S/C23H29ClN4O3/c1-3-4-8-19-17-13-16(24)9-10-18(17)28-21(15-30-2)25-26-23(28)20(31-19)14-22(29)27-11-6-5-7-12-27/h3-4,9-10,13,19-20H,5-8,11-12,14-15H2,1-2H3/b4-3-. The van der Waals surface area contributed by atoms with Crippen molar-refractivity contribution in [3.05, 3.63) is 52.6 Å². The summed E-state index contributed by atoms with van der Waals surface area (Å²) in [6, 6.07) is 5.75. The molecule has 3 heterocycles. The molecule has 0 saturated carbocycles. The number of fused-ring (bicyclic) bond motifs is 3. The van der Waals surface area contributed by atoms with Crippen LogP contribution in [0, 0.1) is 0 Å². The fourth-order valence-corrected chi connectivity index (χ4v) is 4.54. The normalized spacial score (nSPS) is 21.1. The molecule has 31 heavy (non-hydrogen) atoms. The van der Waals surface area contributed by atoms with Crippen LogP contribution in [0.15, 0.2) is 30.4 Å². The van der Waals surface area contributed by atoms with E-state index in [0.29, 0.717) is 29.7 Å². The second-order valence-electron chi connectivity index (χ2n) is 8.01. The van der Waals surface area contributed by atoms with Crippen LogP contribution in [-0.2, 0) is 20.9 Å². The van der Waals surface area contributed by atoms with Gasteiger partial charge in [0.2, 0.25) is 5.91 Å². The quantitative estimate of drug-likeness (QED) is 0.611. The third-order valence-corrected chi connectivity index (χ3v) is 6.11. The minimum atomic E-state index is -0.506. The summed E-state index contributed by atoms with van der Waals surface area (Å²) in [4.78, 5) is 15.0. The number of nitrogens with zero attached hydrogens (tertiary/aromatic N) is 4. The number of carbonyl (C=O) groups excluding carboxylic acids is 1. The zero-order valence-electron chi connectivity index (χ0n) is 18.1. The van der Waals surface area contributed by atoms with Gasteiger partial charge in [-0.25, -0.2) is 0 Å². The lowest BCUT2D eigenvalue weighted by Crippen LogP contribution is -2.36. The first-order chi connectivity index (χ1) is 15.1. The van der Waals surface area contributed by atoms with Gasteiger partial charge in [0, 0.05) is 30.8 Å². The van der Waals surface area contributed by atoms with Gasteiger partial charge in [-0.15, -0.1) is 10.2 Å². The van der Waals surface area contributed by atoms with Crippen LogP contribution < -0.4 is 0 Å². The molecule has 8 heteroatoms. The number of aromatic nitrogens is 3. The van der Waals surface area contributed by atoms with Gasteiger partial charge in [-0.3, -0.25) is 9.36 Å². The molecular formula is C23H29ClN4O3. The molecule has 0 bridgehead atoms. The lowest BCUT2D eigenvalue weighted by molar-refractivity contribution is -0.137. The fourth-order valence-electron chi connectivity index (χ4n) is 4.36. The molecule has 166 valence electrons. The van der Waals surface area contributed by atoms with Crippen LogP contribution in [-0.4, -0.2) is 45.8 Å². The summed E-state index contributed by atoms with van der Waals surface area (Å²) in [5.41, 5.74) is 1.87. The number of likely N-dealkylation sites (tertiary alicyclic amines) is 1. The fraction of sp³-hybridized carbons (Fsp3) is 0.522. The number of benzene rings is 1. The zero-order valence-corrected chi connectivity index (χ0v) is 18.8. The van der Waals surface area contributed by atoms with Gasteiger partial charge in [-0.05, 0) is 50.8 Å². The van der Waals surface area contributed by atoms with Crippen molar-refractivity contribution in [1.82, 2.24) is 19.7 Å². The molecule has 2 aliphatic heterocycles. The monoisotopic (exact) mass is 444 g/mol. The lowest BCUT2D eigenvalue weighted by Gasteiger charge is -2.28. The molecule has 1 aromatic heterocycles. The average molecular weight is 445 g/mol. The number of carbonyl (C=O) groups is 1. The summed E-state index contributed by atoms with van der Waals surface area (Å²) in [5, 5.41) is 9.42. The van der Waals surface area contributed by atoms with Crippen LogP contribution in [0.4, 0.5) is 0 Å². The van der Waals surface area contributed by atoms with Gasteiger partial charge in [0.1, 0.15) is 12.7 Å². The molecule has 1 amide bonds. The Labute approximate surface area is 188 Å². The van der Waals surface area contributed by atoms with Crippen LogP contribution in [0.1, 0.15) is 68.4 Å². The Morgan fingerprint density at radius 3 is 2.81 bits per heavy atom. The summed E-state index contributed by atoms with van der Waals surface area (Å²) in [6.45, 7) is 3.91. The van der Waals surface area contributed by atoms with E-state index in [0.717, 1.165) is 37.2 Å². The average Bonchev–Trinajstić information content (AvgIpc) is 3.14. The Bertz CT molecular complexity index is 952. The molecular weight excluding hydrogens is 416 g/mol. The van der Waals surface area contributed by atoms with Gasteiger partial charge < -0.3 is 14.4 Å². The van der Waals surface area contributed by atoms with Crippen LogP contribution in [0.25, 0.3) is 5.69 Å². The van der Waals surface area contributed by atoms with E-state index in [-0.39, 0.29) is 18.4 Å². The van der Waals surface area contributed by atoms with Gasteiger partial charge >= 0.3 is 0 Å². The SMILES string of the molecule is C/C=C\CC1OC(CC(=O)N2CCCCC2)c2nnc(COC)n2-c2ccc(Cl)cc21. The van der Waals surface area contributed by atoms with Gasteiger partial charge in [-0.2, -0.15) is 0 Å². The molecule has 1 aromatic carbocycles. The smallest absolute Gasteiger partial charge is 0.225 e. The van der Waals surface area contributed by atoms with Crippen molar-refractivity contribution in [3.63, 3.8) is 0 Å². The topological polar surface area (TPSA) is 69.5 Å². The van der Waals surface area contributed by atoms with E-state index in [9.17, 15) is 4.79 Å². The highest BCUT2D eigenvalue weighted by Crippen LogP contribution is 2.40. The minimum Gasteiger partial charge on any atom is -0.377 e. The lowest BCUT2D eigenvalue weighted by atomic mass is 10.0. The second kappa shape index (κ2) is 9.94. The second-order valence-corrected chi connectivity index (χ2v) is 8.45. The highest BCUT2D eigenvalue weighted by Gasteiger charge is 2.34. The Morgan fingerprint density at radius 2 is 2.06 bits per heavy atom. The van der Waals surface area contributed by atoms with Gasteiger partial charge in [0.05, 0.1) is 18.2 Å². The van der Waals surface area contributed by atoms with Crippen LogP contribution in [0.3, 0.4) is 0 Å². The number of hydrogen-bond donors (Lipinski definition) is 0. The Morgan fingerprint density at radius 1 is 1.26 bits per heavy atom. The number of piperidine rings is 1. The molecule has 0 aliphatic carbocycles. The molecule has 0 spiro atoms. The molecule has 2 unspecified atom stereocenters. The number of ether oxygens (including phenoxy) is 2. The number of hydrogen-bond acceptors (Lipinski definition) is 5. The predicted molar refractivity (Wildman–Crippen MR) is 118 cm³/mol. The Hall–Kier alpha value is -2.22. The van der Waals surface area contributed by atoms with E-state index in [1.54, 1.807) is 7.11 Å². The van der Waals surface area contributed by atoms with Gasteiger partial charge in [0.15, 0.2) is 11.6 Å². The first-order valence-corrected chi connectivity index (χ1v) is 11.3. The number of halogens is 1. The summed E-state index contributed by atoms with van der Waals surface area (Å²) < 4.78 is 13.9. The van der Waals surface area contributed by atoms with E-state index in [4.69, 9.17) is 21.1 Å². The highest BCUT2D eigenvalue weighted by molar-refractivity contribution is 6.30. The first kappa shape index (κ1) is 22.0. The first-order valence-electron chi connectivity index (χ1n) is 10.9. The predicted octanol–water partition coefficient (Wildman–Crippen LogP) is 4.55. The molecule has 0 radical (unpaired) electrons. The van der Waals surface area contributed by atoms with Crippen molar-refractivity contribution in [2.45, 2.75) is 57.8 Å². The number of amides is 1. The third kappa shape index (κ3) is 4.68. The van der Waals surface area contributed by atoms with Gasteiger partial charge in [0.25, 0.3) is 0 Å². The Balaban J connectivity index is 1.75. The number of methoxy groups -OCH3 is 1. The van der Waals surface area contributed by atoms with E-state index < -0.39 is 6.10 Å². The molecule has 2 atom stereocenters. The summed E-state index contributed by atoms with van der Waals surface area (Å²) in [7, 11) is 1.63. The van der Waals surface area contributed by atoms with Crippen molar-refractivity contribution in [2.75, 3.05) is 20.2 Å². The van der Waals surface area contributed by atoms with Crippen LogP contribution in [0.5, 0.6) is 0 Å². The van der Waals surface area contributed by atoms with E-state index in [1.165, 1.54) is 6.42 Å². The third-order valence-electron chi connectivity index (χ3n) is 5.88. The number of rotatable bonds is 6. The van der Waals surface area contributed by atoms with Crippen molar-refractivity contribution in [1.29, 1.82) is 0 Å². The molecule has 1 fully saturated rings. The zero-order chi connectivity index (χ0) is 21.8. The van der Waals surface area contributed by atoms with Crippen molar-refractivity contribution in [3.8, 4) is 5.69 Å². The summed E-state index contributed by atoms with van der Waals surface area (Å²) >= 11 is 6.35. The van der Waals surface area contributed by atoms with Crippen LogP contribution in [0.2, 0.25) is 5.02 Å². The molecule has 2 aliphatic rings. The number of allylic oxidation sites excluding steroid dienone is 1. The van der Waals surface area contributed by atoms with E-state index in [1.807, 2.05) is 40.7 Å². The highest BCUT2D eigenvalue weighted by atomic mass is 35.5. The Kier molecular flexibility index (Phi) is 7.05. The minimum absolute atomic E-state index is 0.0984. The van der Waals surface area contributed by atoms with E-state index >= 15 is 0 Å². The molecule has 0 N–H and O–H groups in total. The summed E-state index contributed by atoms with van der Waals surface area (Å²) in [6.07, 6.45) is 7.52. The van der Waals surface area contributed by atoms with Crippen molar-refractivity contribution >= 4 is 17.5 Å². The van der Waals surface area contributed by atoms with Gasteiger partial charge in [-0.1, -0.05) is 23.8 Å². The maximum atomic E-state index is 13.1. The van der Waals surface area contributed by atoms with E-state index in [2.05, 4.69) is 16.3 Å². The maximum Gasteiger partial charge on any atom is 0.225 e. The van der Waals surface area contributed by atoms with Crippen LogP contribution >= 0.6 is 11.6 Å². The maximum absolute atomic E-state index is 13.1. The molecule has 2 aromatic rings. The van der Waals surface area contributed by atoms with Crippen molar-refractivity contribution in [2.24, 2.45) is 0 Å². The molecule has 1 saturated heterocycles. The largest absolute Gasteiger partial charge is 0.377 e. The molecule has 4 rings (SSSR count).